The van der Waals surface area contributed by atoms with Crippen molar-refractivity contribution in [3.63, 3.8) is 0 Å². The quantitative estimate of drug-likeness (QED) is 0.314. The van der Waals surface area contributed by atoms with E-state index in [0.717, 1.165) is 31.2 Å². The van der Waals surface area contributed by atoms with Crippen LogP contribution in [0.2, 0.25) is 0 Å². The number of hydrogen-bond acceptors (Lipinski definition) is 2. The molecule has 0 aliphatic rings. The van der Waals surface area contributed by atoms with Crippen molar-refractivity contribution in [3.05, 3.63) is 113 Å². The van der Waals surface area contributed by atoms with Gasteiger partial charge in [-0.15, -0.1) is 0 Å². The molecule has 0 aliphatic carbocycles. The van der Waals surface area contributed by atoms with Crippen molar-refractivity contribution in [2.45, 2.75) is 38.5 Å². The number of benzene rings is 3. The van der Waals surface area contributed by atoms with E-state index in [4.69, 9.17) is 10.2 Å². The van der Waals surface area contributed by atoms with E-state index in [9.17, 15) is 9.59 Å². The van der Waals surface area contributed by atoms with Gasteiger partial charge >= 0.3 is 11.9 Å². The molecule has 0 fully saturated rings. The predicted octanol–water partition coefficient (Wildman–Crippen LogP) is 6.49. The van der Waals surface area contributed by atoms with Gasteiger partial charge in [0.15, 0.2) is 0 Å². The molecule has 0 saturated carbocycles. The summed E-state index contributed by atoms with van der Waals surface area (Å²) in [7, 11) is 0. The first-order valence-electron chi connectivity index (χ1n) is 11.4. The van der Waals surface area contributed by atoms with Crippen LogP contribution in [0.3, 0.4) is 0 Å². The first-order valence-corrected chi connectivity index (χ1v) is 11.4. The fourth-order valence-corrected chi connectivity index (χ4v) is 3.95. The van der Waals surface area contributed by atoms with Gasteiger partial charge < -0.3 is 10.2 Å². The SMILES string of the molecule is O=C(O)CCCCC(C=Cc1ccccc1Cc1ccccc1)Cc1ccc(C(=O)O)cc1. The third-order valence-corrected chi connectivity index (χ3v) is 5.75. The van der Waals surface area contributed by atoms with Crippen molar-refractivity contribution in [1.29, 1.82) is 0 Å². The van der Waals surface area contributed by atoms with Crippen LogP contribution >= 0.6 is 0 Å². The Morgan fingerprint density at radius 2 is 1.48 bits per heavy atom. The number of carboxylic acid groups (broad SMARTS) is 2. The lowest BCUT2D eigenvalue weighted by Crippen LogP contribution is -2.04. The van der Waals surface area contributed by atoms with E-state index >= 15 is 0 Å². The zero-order valence-electron chi connectivity index (χ0n) is 18.7. The van der Waals surface area contributed by atoms with Gasteiger partial charge in [0.1, 0.15) is 0 Å². The number of hydrogen-bond donors (Lipinski definition) is 2. The maximum absolute atomic E-state index is 11.1. The van der Waals surface area contributed by atoms with Crippen molar-refractivity contribution in [2.75, 3.05) is 0 Å². The summed E-state index contributed by atoms with van der Waals surface area (Å²) in [6, 6.07) is 25.8. The van der Waals surface area contributed by atoms with E-state index in [1.165, 1.54) is 16.7 Å². The van der Waals surface area contributed by atoms with Crippen LogP contribution in [0.25, 0.3) is 6.08 Å². The second-order valence-electron chi connectivity index (χ2n) is 8.33. The molecule has 0 aliphatic heterocycles. The lowest BCUT2D eigenvalue weighted by atomic mass is 9.91. The lowest BCUT2D eigenvalue weighted by Gasteiger charge is -2.14. The topological polar surface area (TPSA) is 74.6 Å². The molecule has 4 nitrogen and oxygen atoms in total. The van der Waals surface area contributed by atoms with Crippen molar-refractivity contribution in [1.82, 2.24) is 0 Å². The van der Waals surface area contributed by atoms with E-state index in [1.807, 2.05) is 24.3 Å². The van der Waals surface area contributed by atoms with Crippen molar-refractivity contribution >= 4 is 18.0 Å². The summed E-state index contributed by atoms with van der Waals surface area (Å²) in [5.41, 5.74) is 5.06. The van der Waals surface area contributed by atoms with Crippen LogP contribution in [0.5, 0.6) is 0 Å². The van der Waals surface area contributed by atoms with E-state index in [0.29, 0.717) is 6.42 Å². The Labute approximate surface area is 195 Å². The van der Waals surface area contributed by atoms with Gasteiger partial charge in [-0.05, 0) is 66.0 Å². The van der Waals surface area contributed by atoms with Crippen LogP contribution < -0.4 is 0 Å². The second-order valence-corrected chi connectivity index (χ2v) is 8.33. The van der Waals surface area contributed by atoms with Gasteiger partial charge in [0, 0.05) is 6.42 Å². The number of aliphatic carboxylic acids is 1. The summed E-state index contributed by atoms with van der Waals surface area (Å²) in [4.78, 5) is 22.0. The van der Waals surface area contributed by atoms with Gasteiger partial charge in [0.25, 0.3) is 0 Å². The van der Waals surface area contributed by atoms with Crippen molar-refractivity contribution in [3.8, 4) is 0 Å². The van der Waals surface area contributed by atoms with E-state index in [2.05, 4.69) is 54.6 Å². The fourth-order valence-electron chi connectivity index (χ4n) is 3.95. The molecule has 3 aromatic rings. The minimum Gasteiger partial charge on any atom is -0.481 e. The number of carbonyl (C=O) groups is 2. The number of rotatable bonds is 12. The van der Waals surface area contributed by atoms with Crippen LogP contribution in [0.1, 0.15) is 58.3 Å². The maximum atomic E-state index is 11.1. The second kappa shape index (κ2) is 12.4. The molecular weight excluding hydrogens is 412 g/mol. The van der Waals surface area contributed by atoms with Crippen LogP contribution in [-0.2, 0) is 17.6 Å². The Morgan fingerprint density at radius 1 is 0.788 bits per heavy atom. The van der Waals surface area contributed by atoms with Gasteiger partial charge in [-0.25, -0.2) is 4.79 Å². The molecular formula is C29H30O4. The zero-order chi connectivity index (χ0) is 23.5. The summed E-state index contributed by atoms with van der Waals surface area (Å²) >= 11 is 0. The largest absolute Gasteiger partial charge is 0.481 e. The maximum Gasteiger partial charge on any atom is 0.335 e. The average Bonchev–Trinajstić information content (AvgIpc) is 2.82. The Balaban J connectivity index is 1.74. The Morgan fingerprint density at radius 3 is 2.18 bits per heavy atom. The molecule has 0 aromatic heterocycles. The monoisotopic (exact) mass is 442 g/mol. The van der Waals surface area contributed by atoms with Crippen LogP contribution in [-0.4, -0.2) is 22.2 Å². The average molecular weight is 443 g/mol. The molecule has 0 heterocycles. The summed E-state index contributed by atoms with van der Waals surface area (Å²) < 4.78 is 0. The summed E-state index contributed by atoms with van der Waals surface area (Å²) in [5.74, 6) is -1.46. The Bertz CT molecular complexity index is 1070. The van der Waals surface area contributed by atoms with Gasteiger partial charge in [0.05, 0.1) is 5.56 Å². The van der Waals surface area contributed by atoms with Gasteiger partial charge in [-0.3, -0.25) is 4.79 Å². The normalized spacial score (nSPS) is 12.0. The third kappa shape index (κ3) is 8.08. The highest BCUT2D eigenvalue weighted by Gasteiger charge is 2.10. The Kier molecular flexibility index (Phi) is 9.01. The Hall–Kier alpha value is -3.66. The summed E-state index contributed by atoms with van der Waals surface area (Å²) in [5, 5.41) is 18.1. The molecule has 0 amide bonds. The van der Waals surface area contributed by atoms with E-state index < -0.39 is 11.9 Å². The highest BCUT2D eigenvalue weighted by atomic mass is 16.4. The molecule has 2 N–H and O–H groups in total. The molecule has 4 heteroatoms. The lowest BCUT2D eigenvalue weighted by molar-refractivity contribution is -0.137. The molecule has 0 bridgehead atoms. The van der Waals surface area contributed by atoms with Gasteiger partial charge in [-0.1, -0.05) is 85.3 Å². The highest BCUT2D eigenvalue weighted by Crippen LogP contribution is 2.22. The summed E-state index contributed by atoms with van der Waals surface area (Å²) in [6.07, 6.45) is 8.59. The number of carboxylic acids is 2. The third-order valence-electron chi connectivity index (χ3n) is 5.75. The summed E-state index contributed by atoms with van der Waals surface area (Å²) in [6.45, 7) is 0. The van der Waals surface area contributed by atoms with Crippen LogP contribution in [0, 0.1) is 5.92 Å². The standard InChI is InChI=1S/C29H30O4/c30-28(31)13-7-4-10-23(20-24-15-18-26(19-16-24)29(32)33)14-17-25-11-5-6-12-27(25)21-22-8-2-1-3-9-22/h1-3,5-6,8-9,11-12,14-19,23H,4,7,10,13,20-21H2,(H,30,31)(H,32,33). The molecule has 0 spiro atoms. The first-order chi connectivity index (χ1) is 16.0. The predicted molar refractivity (Wildman–Crippen MR) is 131 cm³/mol. The number of allylic oxidation sites excluding steroid dienone is 1. The van der Waals surface area contributed by atoms with Crippen LogP contribution in [0.15, 0.2) is 84.9 Å². The molecule has 1 atom stereocenters. The first kappa shape index (κ1) is 24.0. The molecule has 3 aromatic carbocycles. The van der Waals surface area contributed by atoms with E-state index in [1.54, 1.807) is 12.1 Å². The molecule has 0 radical (unpaired) electrons. The van der Waals surface area contributed by atoms with Gasteiger partial charge in [-0.2, -0.15) is 0 Å². The molecule has 0 saturated heterocycles. The fraction of sp³-hybridized carbons (Fsp3) is 0.241. The van der Waals surface area contributed by atoms with E-state index in [-0.39, 0.29) is 17.9 Å². The smallest absolute Gasteiger partial charge is 0.335 e. The number of aromatic carboxylic acids is 1. The highest BCUT2D eigenvalue weighted by molar-refractivity contribution is 5.87. The molecule has 1 unspecified atom stereocenters. The van der Waals surface area contributed by atoms with Crippen molar-refractivity contribution < 1.29 is 19.8 Å². The minimum atomic E-state index is -0.929. The van der Waals surface area contributed by atoms with Crippen molar-refractivity contribution in [2.24, 2.45) is 5.92 Å². The van der Waals surface area contributed by atoms with Crippen LogP contribution in [0.4, 0.5) is 0 Å². The molecule has 170 valence electrons. The van der Waals surface area contributed by atoms with Gasteiger partial charge in [0.2, 0.25) is 0 Å². The molecule has 33 heavy (non-hydrogen) atoms. The minimum absolute atomic E-state index is 0.184. The zero-order valence-corrected chi connectivity index (χ0v) is 18.7. The molecule has 3 rings (SSSR count). The number of unbranched alkanes of at least 4 members (excludes halogenated alkanes) is 1.